The molecule has 0 aromatic heterocycles. The van der Waals surface area contributed by atoms with Gasteiger partial charge in [-0.2, -0.15) is 0 Å². The van der Waals surface area contributed by atoms with Crippen molar-refractivity contribution in [2.45, 2.75) is 367 Å². The van der Waals surface area contributed by atoms with Gasteiger partial charge in [0, 0.05) is 12.8 Å². The maximum absolute atomic E-state index is 12.4. The Morgan fingerprint density at radius 1 is 0.293 bits per heavy atom. The van der Waals surface area contributed by atoms with Crippen LogP contribution in [0.15, 0.2) is 97.2 Å². The highest BCUT2D eigenvalue weighted by Gasteiger charge is 2.16. The largest absolute Gasteiger partial charge is 0.462 e. The lowest BCUT2D eigenvalue weighted by atomic mass is 10.0. The fraction of sp³-hybridized carbons (Fsp3) is 0.766. The molecule has 0 saturated carbocycles. The van der Waals surface area contributed by atoms with Gasteiger partial charge in [-0.05, 0) is 96.3 Å². The summed E-state index contributed by atoms with van der Waals surface area (Å²) in [5.74, 6) is -0.577. The zero-order valence-corrected chi connectivity index (χ0v) is 54.5. The van der Waals surface area contributed by atoms with Crippen LogP contribution in [0.3, 0.4) is 0 Å². The van der Waals surface area contributed by atoms with E-state index in [4.69, 9.17) is 9.47 Å². The number of carbonyl (C=O) groups is 2. The van der Waals surface area contributed by atoms with E-state index in [9.17, 15) is 14.7 Å². The fourth-order valence-electron chi connectivity index (χ4n) is 10.5. The predicted molar refractivity (Wildman–Crippen MR) is 362 cm³/mol. The van der Waals surface area contributed by atoms with E-state index in [0.717, 1.165) is 83.5 Å². The molecule has 0 aliphatic rings. The van der Waals surface area contributed by atoms with Crippen LogP contribution in [-0.2, 0) is 19.1 Å². The molecule has 0 spiro atoms. The fourth-order valence-corrected chi connectivity index (χ4v) is 10.5. The van der Waals surface area contributed by atoms with Crippen LogP contribution in [0.2, 0.25) is 0 Å². The number of rotatable bonds is 66. The lowest BCUT2D eigenvalue weighted by molar-refractivity contribution is -0.161. The van der Waals surface area contributed by atoms with Crippen LogP contribution in [0.5, 0.6) is 0 Å². The number of aliphatic hydroxyl groups is 1. The first-order valence-corrected chi connectivity index (χ1v) is 35.8. The maximum atomic E-state index is 12.4. The summed E-state index contributed by atoms with van der Waals surface area (Å²) in [7, 11) is 0. The van der Waals surface area contributed by atoms with Crippen LogP contribution in [0, 0.1) is 0 Å². The van der Waals surface area contributed by atoms with Crippen molar-refractivity contribution >= 4 is 11.9 Å². The number of aliphatic hydroxyl groups excluding tert-OH is 1. The number of unbranched alkanes of at least 4 members (excludes halogenated alkanes) is 42. The Kier molecular flexibility index (Phi) is 69.3. The van der Waals surface area contributed by atoms with Crippen LogP contribution in [0.25, 0.3) is 0 Å². The molecule has 1 N–H and O–H groups in total. The van der Waals surface area contributed by atoms with Gasteiger partial charge in [-0.25, -0.2) is 0 Å². The van der Waals surface area contributed by atoms with E-state index in [1.54, 1.807) is 0 Å². The van der Waals surface area contributed by atoms with Gasteiger partial charge < -0.3 is 14.6 Å². The van der Waals surface area contributed by atoms with Gasteiger partial charge in [0.05, 0.1) is 6.61 Å². The molecular formula is C77H136O5. The second-order valence-corrected chi connectivity index (χ2v) is 23.9. The van der Waals surface area contributed by atoms with Crippen molar-refractivity contribution in [2.75, 3.05) is 13.2 Å². The molecule has 5 heteroatoms. The molecule has 1 atom stereocenters. The third-order valence-corrected chi connectivity index (χ3v) is 15.9. The van der Waals surface area contributed by atoms with E-state index >= 15 is 0 Å². The van der Waals surface area contributed by atoms with Crippen LogP contribution >= 0.6 is 0 Å². The zero-order valence-electron chi connectivity index (χ0n) is 54.5. The number of hydrogen-bond acceptors (Lipinski definition) is 5. The van der Waals surface area contributed by atoms with Crippen LogP contribution in [0.1, 0.15) is 361 Å². The van der Waals surface area contributed by atoms with Gasteiger partial charge in [-0.15, -0.1) is 0 Å². The molecule has 0 heterocycles. The summed E-state index contributed by atoms with van der Waals surface area (Å²) in [5, 5.41) is 9.70. The van der Waals surface area contributed by atoms with Crippen molar-refractivity contribution in [1.29, 1.82) is 0 Å². The molecule has 0 bridgehead atoms. The minimum Gasteiger partial charge on any atom is -0.462 e. The first-order chi connectivity index (χ1) is 40.6. The molecule has 0 aromatic rings. The standard InChI is InChI=1S/C77H136O5/c1-3-5-7-9-11-13-15-17-19-21-23-25-27-29-31-32-33-34-35-36-37-38-39-40-41-42-43-44-46-48-50-52-54-56-58-60-62-64-66-68-70-72-77(80)82-75(73-78)74-81-76(79)71-69-67-65-63-61-59-57-55-53-51-49-47-45-30-28-26-24-22-20-18-16-14-12-10-8-6-4-2/h5,7,11,13,16-19,22-25,28-31,75,78H,3-4,6,8-10,12,14-15,20-21,26-27,32-74H2,1-2H3/b7-5-,13-11-,18-16-,19-17-,24-22-,25-23-,30-28-,31-29-. The minimum atomic E-state index is -0.776. The van der Waals surface area contributed by atoms with Crippen LogP contribution in [0.4, 0.5) is 0 Å². The summed E-state index contributed by atoms with van der Waals surface area (Å²) < 4.78 is 10.8. The van der Waals surface area contributed by atoms with Gasteiger partial charge in [0.1, 0.15) is 6.61 Å². The van der Waals surface area contributed by atoms with Crippen molar-refractivity contribution in [3.05, 3.63) is 97.2 Å². The van der Waals surface area contributed by atoms with E-state index in [1.807, 2.05) is 0 Å². The normalized spacial score (nSPS) is 12.8. The van der Waals surface area contributed by atoms with Gasteiger partial charge in [-0.3, -0.25) is 9.59 Å². The Morgan fingerprint density at radius 2 is 0.524 bits per heavy atom. The molecule has 0 aliphatic heterocycles. The van der Waals surface area contributed by atoms with Crippen molar-refractivity contribution in [2.24, 2.45) is 0 Å². The molecule has 0 amide bonds. The molecule has 474 valence electrons. The lowest BCUT2D eigenvalue weighted by Gasteiger charge is -2.15. The number of carbonyl (C=O) groups excluding carboxylic acids is 2. The van der Waals surface area contributed by atoms with Gasteiger partial charge in [0.2, 0.25) is 0 Å². The number of hydrogen-bond donors (Lipinski definition) is 1. The first-order valence-electron chi connectivity index (χ1n) is 35.8. The van der Waals surface area contributed by atoms with Crippen molar-refractivity contribution in [3.8, 4) is 0 Å². The summed E-state index contributed by atoms with van der Waals surface area (Å²) in [4.78, 5) is 24.7. The molecule has 0 fully saturated rings. The van der Waals surface area contributed by atoms with E-state index < -0.39 is 6.10 Å². The lowest BCUT2D eigenvalue weighted by Crippen LogP contribution is -2.28. The predicted octanol–water partition coefficient (Wildman–Crippen LogP) is 25.0. The molecule has 5 nitrogen and oxygen atoms in total. The van der Waals surface area contributed by atoms with Crippen molar-refractivity contribution in [3.63, 3.8) is 0 Å². The Labute approximate surface area is 510 Å². The summed E-state index contributed by atoms with van der Waals surface area (Å²) in [6, 6.07) is 0. The Bertz CT molecular complexity index is 1530. The second-order valence-electron chi connectivity index (χ2n) is 23.9. The Morgan fingerprint density at radius 3 is 0.793 bits per heavy atom. The number of esters is 2. The van der Waals surface area contributed by atoms with Gasteiger partial charge in [0.15, 0.2) is 6.10 Å². The van der Waals surface area contributed by atoms with Crippen LogP contribution in [-0.4, -0.2) is 36.4 Å². The monoisotopic (exact) mass is 1140 g/mol. The first kappa shape index (κ1) is 78.8. The van der Waals surface area contributed by atoms with Gasteiger partial charge in [-0.1, -0.05) is 349 Å². The van der Waals surface area contributed by atoms with Gasteiger partial charge in [0.25, 0.3) is 0 Å². The highest BCUT2D eigenvalue weighted by Crippen LogP contribution is 2.18. The topological polar surface area (TPSA) is 72.8 Å². The Hall–Kier alpha value is -3.18. The maximum Gasteiger partial charge on any atom is 0.306 e. The van der Waals surface area contributed by atoms with E-state index in [1.165, 1.54) is 250 Å². The average molecular weight is 1140 g/mol. The van der Waals surface area contributed by atoms with Gasteiger partial charge >= 0.3 is 11.9 Å². The Balaban J connectivity index is 3.42. The highest BCUT2D eigenvalue weighted by atomic mass is 16.6. The second kappa shape index (κ2) is 72.1. The molecule has 0 rings (SSSR count). The summed E-state index contributed by atoms with van der Waals surface area (Å²) >= 11 is 0. The molecule has 0 aromatic carbocycles. The van der Waals surface area contributed by atoms with Crippen molar-refractivity contribution < 1.29 is 24.2 Å². The summed E-state index contributed by atoms with van der Waals surface area (Å²) in [6.45, 7) is 4.05. The van der Waals surface area contributed by atoms with Crippen LogP contribution < -0.4 is 0 Å². The molecule has 0 saturated heterocycles. The highest BCUT2D eigenvalue weighted by molar-refractivity contribution is 5.70. The van der Waals surface area contributed by atoms with Crippen molar-refractivity contribution in [1.82, 2.24) is 0 Å². The number of ether oxygens (including phenoxy) is 2. The SMILES string of the molecule is CC/C=C\C/C=C\C/C=C\C/C=C\C/C=C\CCCCCCCCCCCCCCCCCCCCCCCCCCCC(=O)OC(CO)COC(=O)CCCCCCCCCCCCCC/C=C\C/C=C\C/C=C\CCCCCCC. The molecule has 82 heavy (non-hydrogen) atoms. The van der Waals surface area contributed by atoms with E-state index in [0.29, 0.717) is 12.8 Å². The van der Waals surface area contributed by atoms with E-state index in [2.05, 4.69) is 111 Å². The number of allylic oxidation sites excluding steroid dienone is 16. The molecular weight excluding hydrogens is 1000 g/mol. The molecule has 0 radical (unpaired) electrons. The average Bonchev–Trinajstić information content (AvgIpc) is 3.49. The molecule has 1 unspecified atom stereocenters. The quantitative estimate of drug-likeness (QED) is 0.0373. The molecule has 0 aliphatic carbocycles. The third kappa shape index (κ3) is 69.3. The third-order valence-electron chi connectivity index (χ3n) is 15.9. The minimum absolute atomic E-state index is 0.0655. The smallest absolute Gasteiger partial charge is 0.306 e. The zero-order chi connectivity index (χ0) is 59.1. The summed E-state index contributed by atoms with van der Waals surface area (Å²) in [6.07, 6.45) is 103. The summed E-state index contributed by atoms with van der Waals surface area (Å²) in [5.41, 5.74) is 0. The van der Waals surface area contributed by atoms with E-state index in [-0.39, 0.29) is 25.2 Å².